The molecule has 0 aliphatic carbocycles. The van der Waals surface area contributed by atoms with Crippen molar-refractivity contribution in [2.75, 3.05) is 46.2 Å². The van der Waals surface area contributed by atoms with Crippen molar-refractivity contribution in [3.63, 3.8) is 0 Å². The van der Waals surface area contributed by atoms with E-state index in [2.05, 4.69) is 24.8 Å². The number of ether oxygens (including phenoxy) is 4. The fourth-order valence-electron chi connectivity index (χ4n) is 4.39. The molecule has 1 N–H and O–H groups in total. The quantitative estimate of drug-likeness (QED) is 0.568. The summed E-state index contributed by atoms with van der Waals surface area (Å²) in [7, 11) is 0. The van der Waals surface area contributed by atoms with Crippen LogP contribution in [0.2, 0.25) is 0 Å². The molecule has 0 spiro atoms. The first-order chi connectivity index (χ1) is 16.0. The molecule has 0 radical (unpaired) electrons. The van der Waals surface area contributed by atoms with Gasteiger partial charge in [0.05, 0.1) is 6.61 Å². The Bertz CT molecular complexity index is 834. The van der Waals surface area contributed by atoms with Gasteiger partial charge in [-0.2, -0.15) is 0 Å². The zero-order valence-corrected chi connectivity index (χ0v) is 19.7. The van der Waals surface area contributed by atoms with Crippen LogP contribution >= 0.6 is 0 Å². The number of carbonyl (C=O) groups excluding carboxylic acids is 1. The molecule has 3 heterocycles. The van der Waals surface area contributed by atoms with Gasteiger partial charge in [-0.15, -0.1) is 0 Å². The van der Waals surface area contributed by atoms with E-state index in [0.717, 1.165) is 44.0 Å². The Hall–Kier alpha value is -2.29. The van der Waals surface area contributed by atoms with Crippen molar-refractivity contribution in [1.82, 2.24) is 9.80 Å². The van der Waals surface area contributed by atoms with Gasteiger partial charge < -0.3 is 29.0 Å². The Labute approximate surface area is 196 Å². The summed E-state index contributed by atoms with van der Waals surface area (Å²) >= 11 is 0. The minimum absolute atomic E-state index is 0.0490. The number of nitrogens with zero attached hydrogens (tertiary/aromatic N) is 2. The van der Waals surface area contributed by atoms with E-state index in [-0.39, 0.29) is 25.2 Å². The predicted octanol–water partition coefficient (Wildman–Crippen LogP) is 2.75. The third-order valence-corrected chi connectivity index (χ3v) is 6.51. The van der Waals surface area contributed by atoms with E-state index >= 15 is 0 Å². The molecule has 1 saturated heterocycles. The fourth-order valence-corrected chi connectivity index (χ4v) is 4.39. The van der Waals surface area contributed by atoms with Crippen molar-refractivity contribution >= 4 is 5.91 Å². The van der Waals surface area contributed by atoms with Gasteiger partial charge in [0.15, 0.2) is 17.3 Å². The Kier molecular flexibility index (Phi) is 8.11. The molecule has 33 heavy (non-hydrogen) atoms. The van der Waals surface area contributed by atoms with Gasteiger partial charge in [-0.25, -0.2) is 0 Å². The zero-order valence-electron chi connectivity index (χ0n) is 19.7. The highest BCUT2D eigenvalue weighted by Gasteiger charge is 2.32. The molecule has 3 aliphatic rings. The molecular formula is C25H36N2O6. The maximum atomic E-state index is 13.2. The zero-order chi connectivity index (χ0) is 23.2. The lowest BCUT2D eigenvalue weighted by atomic mass is 9.90. The van der Waals surface area contributed by atoms with E-state index in [4.69, 9.17) is 24.1 Å². The number of carbonyl (C=O) groups is 1. The second-order valence-corrected chi connectivity index (χ2v) is 9.28. The lowest BCUT2D eigenvalue weighted by Gasteiger charge is -2.37. The average Bonchev–Trinajstić information content (AvgIpc) is 3.30. The number of rotatable bonds is 9. The number of aliphatic hydroxyl groups is 1. The van der Waals surface area contributed by atoms with Crippen molar-refractivity contribution in [1.29, 1.82) is 0 Å². The lowest BCUT2D eigenvalue weighted by Crippen LogP contribution is -2.49. The molecule has 1 amide bonds. The van der Waals surface area contributed by atoms with Gasteiger partial charge in [-0.05, 0) is 48.4 Å². The molecule has 0 bridgehead atoms. The Morgan fingerprint density at radius 2 is 1.94 bits per heavy atom. The second-order valence-electron chi connectivity index (χ2n) is 9.28. The molecule has 0 unspecified atom stereocenters. The summed E-state index contributed by atoms with van der Waals surface area (Å²) in [6.07, 6.45) is 3.81. The largest absolute Gasteiger partial charge is 0.459 e. The third-order valence-electron chi connectivity index (χ3n) is 6.51. The maximum absolute atomic E-state index is 13.2. The standard InChI is InChI=1S/C25H36N2O6/c1-18(2)20-14-23(33-24(15-20)30-12-4-3-11-28)25(29)27-9-7-26(8-10-27)16-19-5-6-21-22(13-19)32-17-31-21/h5-6,13-14,18,20,24,28H,3-4,7-12,15-17H2,1-2H3/t20-,24+/m0/s1. The van der Waals surface area contributed by atoms with Crippen LogP contribution in [0.5, 0.6) is 11.5 Å². The topological polar surface area (TPSA) is 80.7 Å². The number of hydrogen-bond donors (Lipinski definition) is 1. The summed E-state index contributed by atoms with van der Waals surface area (Å²) in [4.78, 5) is 17.5. The van der Waals surface area contributed by atoms with E-state index in [1.807, 2.05) is 23.1 Å². The molecule has 8 nitrogen and oxygen atoms in total. The van der Waals surface area contributed by atoms with Gasteiger partial charge >= 0.3 is 0 Å². The van der Waals surface area contributed by atoms with Crippen molar-refractivity contribution < 1.29 is 28.8 Å². The maximum Gasteiger partial charge on any atom is 0.288 e. The number of hydrogen-bond acceptors (Lipinski definition) is 7. The number of aliphatic hydroxyl groups excluding tert-OH is 1. The second kappa shape index (κ2) is 11.2. The molecule has 0 saturated carbocycles. The summed E-state index contributed by atoms with van der Waals surface area (Å²) in [6, 6.07) is 6.06. The summed E-state index contributed by atoms with van der Waals surface area (Å²) < 4.78 is 22.7. The average molecular weight is 461 g/mol. The number of allylic oxidation sites excluding steroid dienone is 1. The number of unbranched alkanes of at least 4 members (excludes halogenated alkanes) is 1. The fraction of sp³-hybridized carbons (Fsp3) is 0.640. The summed E-state index contributed by atoms with van der Waals surface area (Å²) in [5, 5.41) is 8.96. The van der Waals surface area contributed by atoms with Crippen LogP contribution in [0.1, 0.15) is 38.7 Å². The first-order valence-corrected chi connectivity index (χ1v) is 12.0. The van der Waals surface area contributed by atoms with Gasteiger partial charge in [0.1, 0.15) is 0 Å². The van der Waals surface area contributed by atoms with Crippen molar-refractivity contribution in [3.8, 4) is 11.5 Å². The van der Waals surface area contributed by atoms with Gasteiger partial charge in [0.25, 0.3) is 5.91 Å². The lowest BCUT2D eigenvalue weighted by molar-refractivity contribution is -0.157. The predicted molar refractivity (Wildman–Crippen MR) is 123 cm³/mol. The molecule has 0 aromatic heterocycles. The molecule has 1 fully saturated rings. The van der Waals surface area contributed by atoms with Crippen molar-refractivity contribution in [2.45, 2.75) is 45.9 Å². The van der Waals surface area contributed by atoms with Crippen LogP contribution < -0.4 is 9.47 Å². The molecule has 2 atom stereocenters. The third kappa shape index (κ3) is 6.19. The Balaban J connectivity index is 1.30. The van der Waals surface area contributed by atoms with E-state index < -0.39 is 6.29 Å². The van der Waals surface area contributed by atoms with Crippen LogP contribution in [-0.4, -0.2) is 73.3 Å². The number of benzene rings is 1. The summed E-state index contributed by atoms with van der Waals surface area (Å²) in [5.74, 6) is 2.61. The van der Waals surface area contributed by atoms with E-state index in [9.17, 15) is 4.79 Å². The van der Waals surface area contributed by atoms with E-state index in [0.29, 0.717) is 37.8 Å². The molecule has 3 aliphatic heterocycles. The summed E-state index contributed by atoms with van der Waals surface area (Å²) in [5.41, 5.74) is 1.18. The van der Waals surface area contributed by atoms with Crippen molar-refractivity contribution in [3.05, 3.63) is 35.6 Å². The molecule has 1 aromatic rings. The van der Waals surface area contributed by atoms with Gasteiger partial charge in [-0.1, -0.05) is 19.9 Å². The van der Waals surface area contributed by atoms with Crippen LogP contribution in [0, 0.1) is 11.8 Å². The highest BCUT2D eigenvalue weighted by Crippen LogP contribution is 2.33. The Morgan fingerprint density at radius 3 is 2.70 bits per heavy atom. The normalized spacial score (nSPS) is 22.9. The number of fused-ring (bicyclic) bond motifs is 1. The smallest absolute Gasteiger partial charge is 0.288 e. The van der Waals surface area contributed by atoms with Crippen LogP contribution in [0.4, 0.5) is 0 Å². The van der Waals surface area contributed by atoms with Crippen molar-refractivity contribution in [2.24, 2.45) is 11.8 Å². The van der Waals surface area contributed by atoms with E-state index in [1.165, 1.54) is 5.56 Å². The highest BCUT2D eigenvalue weighted by atomic mass is 16.7. The van der Waals surface area contributed by atoms with Gasteiger partial charge in [0, 0.05) is 45.8 Å². The number of amides is 1. The Morgan fingerprint density at radius 1 is 1.15 bits per heavy atom. The van der Waals surface area contributed by atoms with Gasteiger partial charge in [-0.3, -0.25) is 9.69 Å². The van der Waals surface area contributed by atoms with E-state index in [1.54, 1.807) is 0 Å². The minimum Gasteiger partial charge on any atom is -0.459 e. The molecule has 4 rings (SSSR count). The van der Waals surface area contributed by atoms with Crippen LogP contribution in [0.25, 0.3) is 0 Å². The molecule has 182 valence electrons. The van der Waals surface area contributed by atoms with Crippen LogP contribution in [0.15, 0.2) is 30.0 Å². The molecule has 8 heteroatoms. The SMILES string of the molecule is CC(C)[C@H]1C=C(C(=O)N2CCN(Cc3ccc4c(c3)OCO4)CC2)O[C@@H](OCCCCO)C1. The minimum atomic E-state index is -0.410. The molecular weight excluding hydrogens is 424 g/mol. The van der Waals surface area contributed by atoms with Crippen LogP contribution in [0.3, 0.4) is 0 Å². The highest BCUT2D eigenvalue weighted by molar-refractivity contribution is 5.91. The first-order valence-electron chi connectivity index (χ1n) is 12.0. The number of piperazine rings is 1. The summed E-state index contributed by atoms with van der Waals surface area (Å²) in [6.45, 7) is 9.05. The monoisotopic (exact) mass is 460 g/mol. The molecule has 1 aromatic carbocycles. The first kappa shape index (κ1) is 23.9. The van der Waals surface area contributed by atoms with Gasteiger partial charge in [0.2, 0.25) is 13.1 Å². The van der Waals surface area contributed by atoms with Crippen LogP contribution in [-0.2, 0) is 20.8 Å².